The molecule has 218 valence electrons. The number of nitrogens with two attached hydrogens (primary N) is 1. The molecule has 2 unspecified atom stereocenters. The number of morpholine rings is 1. The van der Waals surface area contributed by atoms with Crippen molar-refractivity contribution in [3.63, 3.8) is 0 Å². The first-order chi connectivity index (χ1) is 19.4. The van der Waals surface area contributed by atoms with Gasteiger partial charge in [-0.25, -0.2) is 4.68 Å². The number of amides is 1. The molecular weight excluding hydrogens is 516 g/mol. The van der Waals surface area contributed by atoms with E-state index >= 15 is 0 Å². The zero-order valence-electron chi connectivity index (χ0n) is 25.2. The minimum Gasteiger partial charge on any atom is -0.372 e. The van der Waals surface area contributed by atoms with Crippen LogP contribution < -0.4 is 22.0 Å². The van der Waals surface area contributed by atoms with Crippen molar-refractivity contribution >= 4 is 22.4 Å². The number of pyridine rings is 1. The van der Waals surface area contributed by atoms with E-state index in [4.69, 9.17) is 10.6 Å². The molecule has 4 heterocycles. The highest BCUT2D eigenvalue weighted by atomic mass is 16.5. The van der Waals surface area contributed by atoms with Crippen LogP contribution in [0.25, 0.3) is 16.5 Å². The summed E-state index contributed by atoms with van der Waals surface area (Å²) in [5.41, 5.74) is 6.41. The number of benzene rings is 1. The first kappa shape index (κ1) is 28.5. The molecule has 0 spiro atoms. The molecule has 2 aliphatic heterocycles. The van der Waals surface area contributed by atoms with Gasteiger partial charge in [-0.1, -0.05) is 6.08 Å². The number of aryl methyl sites for hydroxylation is 3. The molecule has 0 bridgehead atoms. The number of ether oxygens (including phenoxy) is 1. The highest BCUT2D eigenvalue weighted by Gasteiger charge is 2.25. The number of dihydropyridines is 1. The van der Waals surface area contributed by atoms with E-state index in [1.165, 1.54) is 0 Å². The number of allylic oxidation sites excluding steroid dienone is 2. The van der Waals surface area contributed by atoms with Crippen molar-refractivity contribution in [2.75, 3.05) is 25.5 Å². The second-order valence-corrected chi connectivity index (χ2v) is 11.8. The number of carbonyl (C=O) groups is 1. The van der Waals surface area contributed by atoms with Crippen LogP contribution in [0.3, 0.4) is 0 Å². The normalized spacial score (nSPS) is 19.3. The molecule has 5 rings (SSSR count). The summed E-state index contributed by atoms with van der Waals surface area (Å²) in [6.07, 6.45) is 6.74. The third kappa shape index (κ3) is 5.51. The van der Waals surface area contributed by atoms with Crippen molar-refractivity contribution in [3.8, 4) is 0 Å². The van der Waals surface area contributed by atoms with Gasteiger partial charge in [0.05, 0.1) is 12.2 Å². The van der Waals surface area contributed by atoms with E-state index in [2.05, 4.69) is 72.2 Å². The maximum atomic E-state index is 13.8. The molecule has 1 fully saturated rings. The average molecular weight is 559 g/mol. The monoisotopic (exact) mass is 558 g/mol. The largest absolute Gasteiger partial charge is 0.372 e. The zero-order chi connectivity index (χ0) is 29.6. The van der Waals surface area contributed by atoms with E-state index in [0.717, 1.165) is 56.8 Å². The number of hydrogen-bond acceptors (Lipinski definition) is 6. The van der Waals surface area contributed by atoms with E-state index in [-0.39, 0.29) is 36.3 Å². The number of fused-ring (bicyclic) bond motifs is 1. The minimum absolute atomic E-state index is 0.101. The summed E-state index contributed by atoms with van der Waals surface area (Å²) in [6.45, 7) is 16.6. The number of nitrogens with zero attached hydrogens (tertiary/aromatic N) is 3. The van der Waals surface area contributed by atoms with E-state index in [1.807, 2.05) is 26.0 Å². The number of rotatable bonds is 6. The SMILES string of the molecule is Cc1cc(C)n(N)c(=O)c1CNC(=O)c1cc(C2=CC=C(N3CC(C)OC(C)C3)NC2)cc2c1c(C)cn2C(C)C. The van der Waals surface area contributed by atoms with Crippen molar-refractivity contribution in [3.05, 3.63) is 86.2 Å². The molecule has 0 radical (unpaired) electrons. The van der Waals surface area contributed by atoms with Gasteiger partial charge in [0.1, 0.15) is 5.82 Å². The van der Waals surface area contributed by atoms with Crippen LogP contribution in [0.1, 0.15) is 72.0 Å². The Bertz CT molecular complexity index is 1620. The first-order valence-corrected chi connectivity index (χ1v) is 14.4. The maximum absolute atomic E-state index is 13.8. The molecule has 9 heteroatoms. The van der Waals surface area contributed by atoms with Gasteiger partial charge in [0.15, 0.2) is 0 Å². The lowest BCUT2D eigenvalue weighted by Gasteiger charge is -2.39. The molecule has 4 N–H and O–H groups in total. The Balaban J connectivity index is 1.51. The van der Waals surface area contributed by atoms with Gasteiger partial charge in [-0.05, 0) is 95.0 Å². The Labute approximate surface area is 241 Å². The van der Waals surface area contributed by atoms with E-state index in [0.29, 0.717) is 23.4 Å². The van der Waals surface area contributed by atoms with Crippen LogP contribution in [-0.2, 0) is 11.3 Å². The zero-order valence-corrected chi connectivity index (χ0v) is 25.2. The van der Waals surface area contributed by atoms with Crippen LogP contribution in [0.15, 0.2) is 47.2 Å². The van der Waals surface area contributed by atoms with Crippen molar-refractivity contribution in [1.29, 1.82) is 0 Å². The number of nitrogen functional groups attached to an aromatic ring is 1. The van der Waals surface area contributed by atoms with Crippen molar-refractivity contribution in [2.45, 2.75) is 73.3 Å². The second-order valence-electron chi connectivity index (χ2n) is 11.8. The molecule has 9 nitrogen and oxygen atoms in total. The standard InChI is InChI=1S/C32H42N6O3/c1-18(2)37-15-20(4)30-26(31(39)35-14-27-19(3)10-21(5)38(33)32(27)40)11-25(12-28(30)37)24-8-9-29(34-13-24)36-16-22(6)41-23(7)17-36/h8-12,15,18,22-23,34H,13-14,16-17,33H2,1-7H3,(H,35,39). The topological polar surface area (TPSA) is 107 Å². The highest BCUT2D eigenvalue weighted by Crippen LogP contribution is 2.32. The average Bonchev–Trinajstić information content (AvgIpc) is 3.27. The number of hydrogen-bond donors (Lipinski definition) is 3. The molecule has 2 aromatic heterocycles. The highest BCUT2D eigenvalue weighted by molar-refractivity contribution is 6.09. The number of aromatic nitrogens is 2. The van der Waals surface area contributed by atoms with Crippen LogP contribution in [-0.4, -0.2) is 51.9 Å². The molecule has 0 saturated carbocycles. The molecule has 1 amide bonds. The Kier molecular flexibility index (Phi) is 7.74. The summed E-state index contributed by atoms with van der Waals surface area (Å²) >= 11 is 0. The van der Waals surface area contributed by atoms with E-state index in [9.17, 15) is 9.59 Å². The van der Waals surface area contributed by atoms with Gasteiger partial charge in [-0.3, -0.25) is 9.59 Å². The molecule has 0 aliphatic carbocycles. The van der Waals surface area contributed by atoms with Crippen LogP contribution in [0.5, 0.6) is 0 Å². The Morgan fingerprint density at radius 1 is 1.10 bits per heavy atom. The van der Waals surface area contributed by atoms with Crippen molar-refractivity contribution in [1.82, 2.24) is 24.8 Å². The number of carbonyl (C=O) groups excluding carboxylic acids is 1. The second kappa shape index (κ2) is 11.1. The summed E-state index contributed by atoms with van der Waals surface area (Å²) in [6, 6.07) is 6.24. The third-order valence-corrected chi connectivity index (χ3v) is 8.14. The maximum Gasteiger partial charge on any atom is 0.274 e. The van der Waals surface area contributed by atoms with Crippen LogP contribution >= 0.6 is 0 Å². The molecule has 1 aromatic carbocycles. The Hall–Kier alpha value is -3.98. The van der Waals surface area contributed by atoms with Crippen LogP contribution in [0, 0.1) is 20.8 Å². The minimum atomic E-state index is -0.297. The van der Waals surface area contributed by atoms with Crippen molar-refractivity contribution < 1.29 is 9.53 Å². The Morgan fingerprint density at radius 2 is 1.80 bits per heavy atom. The lowest BCUT2D eigenvalue weighted by Crippen LogP contribution is -2.47. The summed E-state index contributed by atoms with van der Waals surface area (Å²) in [5.74, 6) is 6.80. The van der Waals surface area contributed by atoms with Gasteiger partial charge in [-0.2, -0.15) is 0 Å². The lowest BCUT2D eigenvalue weighted by molar-refractivity contribution is -0.0595. The predicted molar refractivity (Wildman–Crippen MR) is 164 cm³/mol. The predicted octanol–water partition coefficient (Wildman–Crippen LogP) is 3.89. The van der Waals surface area contributed by atoms with E-state index in [1.54, 1.807) is 6.92 Å². The van der Waals surface area contributed by atoms with Gasteiger partial charge in [0, 0.05) is 66.1 Å². The van der Waals surface area contributed by atoms with Gasteiger partial charge in [0.2, 0.25) is 0 Å². The van der Waals surface area contributed by atoms with Crippen molar-refractivity contribution in [2.24, 2.45) is 0 Å². The summed E-state index contributed by atoms with van der Waals surface area (Å²) < 4.78 is 9.25. The van der Waals surface area contributed by atoms with Gasteiger partial charge < -0.3 is 30.7 Å². The van der Waals surface area contributed by atoms with E-state index < -0.39 is 0 Å². The third-order valence-electron chi connectivity index (χ3n) is 8.14. The fourth-order valence-electron chi connectivity index (χ4n) is 6.08. The molecule has 2 aliphatic rings. The number of nitrogens with one attached hydrogen (secondary N) is 2. The van der Waals surface area contributed by atoms with Crippen LogP contribution in [0.4, 0.5) is 0 Å². The van der Waals surface area contributed by atoms with Gasteiger partial charge in [-0.15, -0.1) is 0 Å². The molecule has 3 aromatic rings. The Morgan fingerprint density at radius 3 is 2.44 bits per heavy atom. The first-order valence-electron chi connectivity index (χ1n) is 14.4. The quantitative estimate of drug-likeness (QED) is 0.397. The molecule has 1 saturated heterocycles. The summed E-state index contributed by atoms with van der Waals surface area (Å²) in [7, 11) is 0. The van der Waals surface area contributed by atoms with Crippen LogP contribution in [0.2, 0.25) is 0 Å². The van der Waals surface area contributed by atoms with Gasteiger partial charge in [0.25, 0.3) is 11.5 Å². The fourth-order valence-corrected chi connectivity index (χ4v) is 6.08. The molecule has 41 heavy (non-hydrogen) atoms. The summed E-state index contributed by atoms with van der Waals surface area (Å²) in [4.78, 5) is 28.9. The van der Waals surface area contributed by atoms with Gasteiger partial charge >= 0.3 is 0 Å². The molecule has 2 atom stereocenters. The smallest absolute Gasteiger partial charge is 0.274 e. The summed E-state index contributed by atoms with van der Waals surface area (Å²) in [5, 5.41) is 7.53. The lowest BCUT2D eigenvalue weighted by atomic mass is 9.96. The molecular formula is C32H42N6O3. The fraction of sp³-hybridized carbons (Fsp3) is 0.438.